The molecule has 2 heterocycles. The molecule has 3 aromatic rings. The molecule has 0 atom stereocenters. The van der Waals surface area contributed by atoms with Gasteiger partial charge in [-0.05, 0) is 43.3 Å². The van der Waals surface area contributed by atoms with Crippen molar-refractivity contribution in [2.24, 2.45) is 0 Å². The molecule has 1 aromatic carbocycles. The van der Waals surface area contributed by atoms with Crippen LogP contribution in [0.25, 0.3) is 0 Å². The molecule has 0 unspecified atom stereocenters. The summed E-state index contributed by atoms with van der Waals surface area (Å²) in [5.74, 6) is -0.218. The predicted molar refractivity (Wildman–Crippen MR) is 96.9 cm³/mol. The van der Waals surface area contributed by atoms with Crippen molar-refractivity contribution in [1.82, 2.24) is 4.72 Å². The molecule has 0 radical (unpaired) electrons. The summed E-state index contributed by atoms with van der Waals surface area (Å²) in [5.41, 5.74) is 0.329. The van der Waals surface area contributed by atoms with E-state index in [1.807, 2.05) is 0 Å². The Morgan fingerprint density at radius 3 is 2.62 bits per heavy atom. The lowest BCUT2D eigenvalue weighted by Crippen LogP contribution is -2.23. The van der Waals surface area contributed by atoms with Gasteiger partial charge >= 0.3 is 0 Å². The number of sulfonamides is 1. The molecule has 8 heteroatoms. The summed E-state index contributed by atoms with van der Waals surface area (Å²) in [6.07, 6.45) is 1.42. The van der Waals surface area contributed by atoms with Gasteiger partial charge in [0.15, 0.2) is 11.5 Å². The molecule has 2 aromatic heterocycles. The number of rotatable bonds is 7. The standard InChI is InChI=1S/C18H15NO5S2/c1-12(20)13-4-2-5-15(10-13)26(22,23)19-11-14-7-8-17(25-14)18(21)16-6-3-9-24-16/h2-10,19H,11H2,1H3. The number of ketones is 2. The van der Waals surface area contributed by atoms with Crippen LogP contribution in [0.4, 0.5) is 0 Å². The smallest absolute Gasteiger partial charge is 0.240 e. The van der Waals surface area contributed by atoms with Gasteiger partial charge in [0.25, 0.3) is 0 Å². The molecular weight excluding hydrogens is 374 g/mol. The molecule has 0 bridgehead atoms. The quantitative estimate of drug-likeness (QED) is 0.626. The maximum atomic E-state index is 12.4. The third kappa shape index (κ3) is 3.98. The number of Topliss-reactive ketones (excluding diaryl/α,β-unsaturated/α-hetero) is 1. The highest BCUT2D eigenvalue weighted by atomic mass is 32.2. The number of hydrogen-bond acceptors (Lipinski definition) is 6. The van der Waals surface area contributed by atoms with E-state index >= 15 is 0 Å². The van der Waals surface area contributed by atoms with Gasteiger partial charge in [0, 0.05) is 17.0 Å². The number of nitrogens with one attached hydrogen (secondary N) is 1. The van der Waals surface area contributed by atoms with E-state index in [-0.39, 0.29) is 28.8 Å². The van der Waals surface area contributed by atoms with Crippen molar-refractivity contribution in [2.75, 3.05) is 0 Å². The molecule has 0 amide bonds. The highest BCUT2D eigenvalue weighted by molar-refractivity contribution is 7.89. The molecular formula is C18H15NO5S2. The van der Waals surface area contributed by atoms with Crippen LogP contribution in [0.5, 0.6) is 0 Å². The van der Waals surface area contributed by atoms with Crippen LogP contribution in [0.1, 0.15) is 37.6 Å². The van der Waals surface area contributed by atoms with E-state index in [1.54, 1.807) is 30.3 Å². The van der Waals surface area contributed by atoms with Gasteiger partial charge in [-0.2, -0.15) is 0 Å². The van der Waals surface area contributed by atoms with Gasteiger partial charge in [0.1, 0.15) is 0 Å². The van der Waals surface area contributed by atoms with E-state index in [9.17, 15) is 18.0 Å². The van der Waals surface area contributed by atoms with Crippen LogP contribution in [0.15, 0.2) is 64.1 Å². The van der Waals surface area contributed by atoms with E-state index in [0.29, 0.717) is 15.3 Å². The van der Waals surface area contributed by atoms with Gasteiger partial charge in [-0.25, -0.2) is 13.1 Å². The van der Waals surface area contributed by atoms with E-state index in [4.69, 9.17) is 4.42 Å². The van der Waals surface area contributed by atoms with Crippen LogP contribution >= 0.6 is 11.3 Å². The third-order valence-electron chi connectivity index (χ3n) is 3.62. The first-order chi connectivity index (χ1) is 12.4. The summed E-state index contributed by atoms with van der Waals surface area (Å²) in [6.45, 7) is 1.42. The molecule has 26 heavy (non-hydrogen) atoms. The van der Waals surface area contributed by atoms with E-state index in [1.165, 1.54) is 42.7 Å². The molecule has 0 saturated carbocycles. The molecule has 0 spiro atoms. The molecule has 0 fully saturated rings. The average Bonchev–Trinajstić information content (AvgIpc) is 3.31. The van der Waals surface area contributed by atoms with E-state index in [0.717, 1.165) is 0 Å². The van der Waals surface area contributed by atoms with Crippen molar-refractivity contribution < 1.29 is 22.4 Å². The number of hydrogen-bond donors (Lipinski definition) is 1. The fourth-order valence-electron chi connectivity index (χ4n) is 2.26. The predicted octanol–water partition coefficient (Wildman–Crippen LogP) is 3.25. The minimum Gasteiger partial charge on any atom is -0.461 e. The number of benzene rings is 1. The van der Waals surface area contributed by atoms with E-state index < -0.39 is 10.0 Å². The Balaban J connectivity index is 1.72. The Labute approximate surface area is 154 Å². The number of thiophene rings is 1. The first-order valence-corrected chi connectivity index (χ1v) is 9.94. The summed E-state index contributed by atoms with van der Waals surface area (Å²) >= 11 is 1.19. The first-order valence-electron chi connectivity index (χ1n) is 7.64. The second kappa shape index (κ2) is 7.36. The molecule has 0 aliphatic carbocycles. The largest absolute Gasteiger partial charge is 0.461 e. The van der Waals surface area contributed by atoms with Crippen molar-refractivity contribution in [3.05, 3.63) is 75.9 Å². The zero-order chi connectivity index (χ0) is 18.7. The van der Waals surface area contributed by atoms with Gasteiger partial charge in [-0.3, -0.25) is 9.59 Å². The first kappa shape index (κ1) is 18.2. The topological polar surface area (TPSA) is 93.5 Å². The zero-order valence-electron chi connectivity index (χ0n) is 13.8. The van der Waals surface area contributed by atoms with Crippen LogP contribution in [-0.2, 0) is 16.6 Å². The molecule has 0 aliphatic rings. The molecule has 0 saturated heterocycles. The Hall–Kier alpha value is -2.55. The number of carbonyl (C=O) groups is 2. The Bertz CT molecular complexity index is 1050. The third-order valence-corrected chi connectivity index (χ3v) is 6.10. The highest BCUT2D eigenvalue weighted by Crippen LogP contribution is 2.21. The lowest BCUT2D eigenvalue weighted by atomic mass is 10.2. The monoisotopic (exact) mass is 389 g/mol. The van der Waals surface area contributed by atoms with Crippen LogP contribution in [0.2, 0.25) is 0 Å². The minimum absolute atomic E-state index is 0.0219. The fourth-order valence-corrected chi connectivity index (χ4v) is 4.29. The SMILES string of the molecule is CC(=O)c1cccc(S(=O)(=O)NCc2ccc(C(=O)c3ccco3)s2)c1. The molecule has 1 N–H and O–H groups in total. The van der Waals surface area contributed by atoms with Crippen molar-refractivity contribution in [3.63, 3.8) is 0 Å². The number of carbonyl (C=O) groups excluding carboxylic acids is 2. The molecule has 3 rings (SSSR count). The minimum atomic E-state index is -3.77. The van der Waals surface area contributed by atoms with Crippen LogP contribution in [0, 0.1) is 0 Å². The summed E-state index contributed by atoms with van der Waals surface area (Å²) in [5, 5.41) is 0. The number of furan rings is 1. The van der Waals surface area contributed by atoms with Crippen molar-refractivity contribution in [2.45, 2.75) is 18.4 Å². The maximum Gasteiger partial charge on any atom is 0.240 e. The molecule has 0 aliphatic heterocycles. The van der Waals surface area contributed by atoms with Crippen molar-refractivity contribution >= 4 is 32.9 Å². The molecule has 134 valence electrons. The van der Waals surface area contributed by atoms with Gasteiger partial charge in [-0.15, -0.1) is 11.3 Å². The normalized spacial score (nSPS) is 11.4. The summed E-state index contributed by atoms with van der Waals surface area (Å²) in [6, 6.07) is 12.4. The van der Waals surface area contributed by atoms with Crippen molar-refractivity contribution in [1.29, 1.82) is 0 Å². The highest BCUT2D eigenvalue weighted by Gasteiger charge is 2.17. The lowest BCUT2D eigenvalue weighted by Gasteiger charge is -2.06. The Kier molecular flexibility index (Phi) is 5.17. The van der Waals surface area contributed by atoms with Gasteiger partial charge in [0.05, 0.1) is 16.0 Å². The van der Waals surface area contributed by atoms with Crippen LogP contribution in [-0.4, -0.2) is 20.0 Å². The van der Waals surface area contributed by atoms with Crippen LogP contribution in [0.3, 0.4) is 0 Å². The summed E-state index contributed by atoms with van der Waals surface area (Å²) in [7, 11) is -3.77. The Morgan fingerprint density at radius 2 is 1.92 bits per heavy atom. The van der Waals surface area contributed by atoms with Gasteiger partial charge in [-0.1, -0.05) is 12.1 Å². The second-order valence-corrected chi connectivity index (χ2v) is 8.42. The second-order valence-electron chi connectivity index (χ2n) is 5.48. The average molecular weight is 389 g/mol. The maximum absolute atomic E-state index is 12.4. The zero-order valence-corrected chi connectivity index (χ0v) is 15.4. The summed E-state index contributed by atoms with van der Waals surface area (Å²) < 4.78 is 32.4. The Morgan fingerprint density at radius 1 is 1.12 bits per heavy atom. The molecule has 6 nitrogen and oxygen atoms in total. The van der Waals surface area contributed by atoms with Crippen molar-refractivity contribution in [3.8, 4) is 0 Å². The van der Waals surface area contributed by atoms with Crippen LogP contribution < -0.4 is 4.72 Å². The lowest BCUT2D eigenvalue weighted by molar-refractivity contribution is 0.100. The van der Waals surface area contributed by atoms with E-state index in [2.05, 4.69) is 4.72 Å². The van der Waals surface area contributed by atoms with Gasteiger partial charge in [0.2, 0.25) is 15.8 Å². The fraction of sp³-hybridized carbons (Fsp3) is 0.111. The summed E-state index contributed by atoms with van der Waals surface area (Å²) in [4.78, 5) is 24.8. The van der Waals surface area contributed by atoms with Gasteiger partial charge < -0.3 is 4.42 Å².